The average Bonchev–Trinajstić information content (AvgIpc) is 2.19. The molecule has 0 atom stereocenters. The van der Waals surface area contributed by atoms with Crippen molar-refractivity contribution in [1.29, 1.82) is 0 Å². The van der Waals surface area contributed by atoms with E-state index >= 15 is 0 Å². The van der Waals surface area contributed by atoms with Gasteiger partial charge in [0.05, 0.1) is 7.11 Å². The fourth-order valence-electron chi connectivity index (χ4n) is 0.605. The molecule has 0 saturated carbocycles. The quantitative estimate of drug-likeness (QED) is 0.730. The second-order valence-electron chi connectivity index (χ2n) is 2.21. The Morgan fingerprint density at radius 1 is 1.29 bits per heavy atom. The minimum Gasteiger partial charge on any atom is -0.388 e. The highest BCUT2D eigenvalue weighted by Gasteiger charge is 1.94. The molecule has 0 saturated heterocycles. The first kappa shape index (κ1) is 12.9. The fraction of sp³-hybridized carbons (Fsp3) is 0.250. The highest BCUT2D eigenvalue weighted by molar-refractivity contribution is 7.80. The molecule has 80 valence electrons. The van der Waals surface area contributed by atoms with Gasteiger partial charge in [0.15, 0.2) is 0 Å². The molecule has 1 aromatic rings. The fourth-order valence-corrected chi connectivity index (χ4v) is 0.605. The Balaban J connectivity index is 0.000000255. The van der Waals surface area contributed by atoms with Gasteiger partial charge in [0.1, 0.15) is 0 Å². The molecule has 0 spiro atoms. The van der Waals surface area contributed by atoms with Crippen LogP contribution in [0, 0.1) is 0 Å². The summed E-state index contributed by atoms with van der Waals surface area (Å²) in [5, 5.41) is 3.03. The van der Waals surface area contributed by atoms with Crippen LogP contribution in [0.15, 0.2) is 30.3 Å². The van der Waals surface area contributed by atoms with Gasteiger partial charge in [-0.2, -0.15) is 8.42 Å². The standard InChI is InChI=1S/C7H9N.CH4O4S/c1-8-7-5-3-2-4-6-7;1-5-6(2,3)4/h2-6,8H,1H3;1H3,(H,2,3,4). The highest BCUT2D eigenvalue weighted by Crippen LogP contribution is 2.01. The molecule has 0 amide bonds. The van der Waals surface area contributed by atoms with Gasteiger partial charge in [0, 0.05) is 12.7 Å². The second-order valence-corrected chi connectivity index (χ2v) is 3.40. The van der Waals surface area contributed by atoms with E-state index in [9.17, 15) is 8.42 Å². The maximum atomic E-state index is 9.33. The van der Waals surface area contributed by atoms with Crippen molar-refractivity contribution >= 4 is 16.1 Å². The van der Waals surface area contributed by atoms with Crippen LogP contribution >= 0.6 is 0 Å². The molecule has 14 heavy (non-hydrogen) atoms. The third-order valence-corrected chi connectivity index (χ3v) is 1.69. The third-order valence-electron chi connectivity index (χ3n) is 1.27. The minimum atomic E-state index is -4.16. The van der Waals surface area contributed by atoms with E-state index in [1.165, 1.54) is 0 Å². The summed E-state index contributed by atoms with van der Waals surface area (Å²) >= 11 is 0. The maximum Gasteiger partial charge on any atom is 0.397 e. The third kappa shape index (κ3) is 7.53. The zero-order valence-electron chi connectivity index (χ0n) is 7.97. The molecule has 0 radical (unpaired) electrons. The summed E-state index contributed by atoms with van der Waals surface area (Å²) in [5.74, 6) is 0. The number of hydrogen-bond donors (Lipinski definition) is 2. The Hall–Kier alpha value is -1.11. The Labute approximate surface area is 83.7 Å². The number of rotatable bonds is 2. The van der Waals surface area contributed by atoms with Gasteiger partial charge >= 0.3 is 10.4 Å². The van der Waals surface area contributed by atoms with Crippen LogP contribution in [0.25, 0.3) is 0 Å². The van der Waals surface area contributed by atoms with Crippen LogP contribution in [0.4, 0.5) is 5.69 Å². The Bertz CT molecular complexity index is 336. The summed E-state index contributed by atoms with van der Waals surface area (Å²) in [7, 11) is -1.38. The highest BCUT2D eigenvalue weighted by atomic mass is 32.3. The Kier molecular flexibility index (Phi) is 5.86. The van der Waals surface area contributed by atoms with Crippen LogP contribution in [-0.2, 0) is 14.6 Å². The second kappa shape index (κ2) is 6.36. The van der Waals surface area contributed by atoms with Crippen molar-refractivity contribution in [1.82, 2.24) is 0 Å². The smallest absolute Gasteiger partial charge is 0.388 e. The molecule has 0 aliphatic carbocycles. The van der Waals surface area contributed by atoms with Crippen molar-refractivity contribution in [2.24, 2.45) is 0 Å². The van der Waals surface area contributed by atoms with Crippen LogP contribution < -0.4 is 5.32 Å². The van der Waals surface area contributed by atoms with Gasteiger partial charge in [-0.3, -0.25) is 8.74 Å². The van der Waals surface area contributed by atoms with E-state index in [2.05, 4.69) is 9.50 Å². The SMILES string of the molecule is CNc1ccccc1.COS(=O)(=O)O. The summed E-state index contributed by atoms with van der Waals surface area (Å²) in [5.41, 5.74) is 1.16. The number of hydrogen-bond acceptors (Lipinski definition) is 4. The van der Waals surface area contributed by atoms with Crippen molar-refractivity contribution < 1.29 is 17.2 Å². The van der Waals surface area contributed by atoms with Gasteiger partial charge in [-0.25, -0.2) is 0 Å². The lowest BCUT2D eigenvalue weighted by Gasteiger charge is -1.94. The lowest BCUT2D eigenvalue weighted by Crippen LogP contribution is -1.96. The van der Waals surface area contributed by atoms with Crippen LogP contribution in [0.1, 0.15) is 0 Å². The number of anilines is 1. The molecule has 0 aromatic heterocycles. The van der Waals surface area contributed by atoms with Crippen molar-refractivity contribution in [3.63, 3.8) is 0 Å². The molecule has 1 rings (SSSR count). The van der Waals surface area contributed by atoms with Crippen molar-refractivity contribution in [2.45, 2.75) is 0 Å². The van der Waals surface area contributed by atoms with Crippen molar-refractivity contribution in [3.05, 3.63) is 30.3 Å². The largest absolute Gasteiger partial charge is 0.397 e. The zero-order valence-corrected chi connectivity index (χ0v) is 8.78. The molecule has 0 heterocycles. The molecule has 0 bridgehead atoms. The van der Waals surface area contributed by atoms with E-state index in [1.54, 1.807) is 0 Å². The molecule has 2 N–H and O–H groups in total. The first-order valence-electron chi connectivity index (χ1n) is 3.75. The van der Waals surface area contributed by atoms with E-state index in [0.29, 0.717) is 0 Å². The number of nitrogens with one attached hydrogen (secondary N) is 1. The van der Waals surface area contributed by atoms with E-state index < -0.39 is 10.4 Å². The van der Waals surface area contributed by atoms with Crippen LogP contribution in [0.3, 0.4) is 0 Å². The molecule has 6 heteroatoms. The first-order chi connectivity index (χ1) is 6.49. The summed E-state index contributed by atoms with van der Waals surface area (Å²) in [6.45, 7) is 0. The van der Waals surface area contributed by atoms with Crippen molar-refractivity contribution in [2.75, 3.05) is 19.5 Å². The van der Waals surface area contributed by atoms with Gasteiger partial charge in [0.25, 0.3) is 0 Å². The first-order valence-corrected chi connectivity index (χ1v) is 5.12. The van der Waals surface area contributed by atoms with E-state index in [4.69, 9.17) is 4.55 Å². The predicted octanol–water partition coefficient (Wildman–Crippen LogP) is 1.16. The van der Waals surface area contributed by atoms with Crippen LogP contribution in [0.2, 0.25) is 0 Å². The summed E-state index contributed by atoms with van der Waals surface area (Å²) in [6, 6.07) is 10.1. The maximum absolute atomic E-state index is 9.33. The summed E-state index contributed by atoms with van der Waals surface area (Å²) in [6.07, 6.45) is 0. The summed E-state index contributed by atoms with van der Waals surface area (Å²) < 4.78 is 29.7. The average molecular weight is 219 g/mol. The predicted molar refractivity (Wildman–Crippen MR) is 54.5 cm³/mol. The zero-order chi connectivity index (χ0) is 11.0. The van der Waals surface area contributed by atoms with E-state index in [-0.39, 0.29) is 0 Å². The van der Waals surface area contributed by atoms with Gasteiger partial charge < -0.3 is 5.32 Å². The normalized spacial score (nSPS) is 9.93. The molecule has 0 aliphatic rings. The van der Waals surface area contributed by atoms with Crippen molar-refractivity contribution in [3.8, 4) is 0 Å². The monoisotopic (exact) mass is 219 g/mol. The van der Waals surface area contributed by atoms with Gasteiger partial charge in [-0.1, -0.05) is 18.2 Å². The van der Waals surface area contributed by atoms with Gasteiger partial charge in [-0.15, -0.1) is 0 Å². The molecule has 0 fully saturated rings. The molecule has 5 nitrogen and oxygen atoms in total. The Morgan fingerprint density at radius 2 is 1.71 bits per heavy atom. The molecule has 0 unspecified atom stereocenters. The topological polar surface area (TPSA) is 75.6 Å². The Morgan fingerprint density at radius 3 is 1.93 bits per heavy atom. The minimum absolute atomic E-state index is 0.870. The molecular formula is C8H13NO4S. The van der Waals surface area contributed by atoms with Gasteiger partial charge in [0.2, 0.25) is 0 Å². The molecular weight excluding hydrogens is 206 g/mol. The molecule has 1 aromatic carbocycles. The number of benzene rings is 1. The molecule has 0 aliphatic heterocycles. The number of para-hydroxylation sites is 1. The van der Waals surface area contributed by atoms with Gasteiger partial charge in [-0.05, 0) is 12.1 Å². The van der Waals surface area contributed by atoms with E-state index in [0.717, 1.165) is 12.8 Å². The lowest BCUT2D eigenvalue weighted by molar-refractivity contribution is 0.324. The van der Waals surface area contributed by atoms with Crippen LogP contribution in [0.5, 0.6) is 0 Å². The lowest BCUT2D eigenvalue weighted by atomic mass is 10.3. The van der Waals surface area contributed by atoms with Crippen LogP contribution in [-0.4, -0.2) is 27.1 Å². The van der Waals surface area contributed by atoms with E-state index in [1.807, 2.05) is 37.4 Å². The summed E-state index contributed by atoms with van der Waals surface area (Å²) in [4.78, 5) is 0.